The van der Waals surface area contributed by atoms with Crippen molar-refractivity contribution in [2.75, 3.05) is 22.5 Å². The second-order valence-electron chi connectivity index (χ2n) is 6.69. The highest BCUT2D eigenvalue weighted by Crippen LogP contribution is 2.31. The van der Waals surface area contributed by atoms with Gasteiger partial charge >= 0.3 is 0 Å². The largest absolute Gasteiger partial charge is 0.326 e. The van der Waals surface area contributed by atoms with Gasteiger partial charge in [-0.05, 0) is 42.3 Å². The Morgan fingerprint density at radius 3 is 2.55 bits per heavy atom. The van der Waals surface area contributed by atoms with E-state index < -0.39 is 33.1 Å². The summed E-state index contributed by atoms with van der Waals surface area (Å²) in [7, 11) is -3.73. The lowest BCUT2D eigenvalue weighted by Crippen LogP contribution is -2.27. The van der Waals surface area contributed by atoms with Crippen LogP contribution in [0.1, 0.15) is 25.3 Å². The number of nitrogens with one attached hydrogen (secondary N) is 1. The first kappa shape index (κ1) is 20.9. The Balaban J connectivity index is 1.66. The Hall–Kier alpha value is -2.81. The molecule has 0 radical (unpaired) electrons. The summed E-state index contributed by atoms with van der Waals surface area (Å²) in [5.41, 5.74) is 1.54. The maximum absolute atomic E-state index is 13.2. The summed E-state index contributed by atoms with van der Waals surface area (Å²) in [6, 6.07) is 7.48. The van der Waals surface area contributed by atoms with Gasteiger partial charge in [0.25, 0.3) is 0 Å². The van der Waals surface area contributed by atoms with Gasteiger partial charge in [0.1, 0.15) is 0 Å². The van der Waals surface area contributed by atoms with E-state index in [2.05, 4.69) is 5.32 Å². The molecule has 0 aromatic heterocycles. The lowest BCUT2D eigenvalue weighted by molar-refractivity contribution is -0.118. The van der Waals surface area contributed by atoms with E-state index in [1.54, 1.807) is 24.0 Å². The van der Waals surface area contributed by atoms with Crippen LogP contribution in [0.25, 0.3) is 0 Å². The van der Waals surface area contributed by atoms with Crippen LogP contribution in [0.2, 0.25) is 0 Å². The first-order valence-electron chi connectivity index (χ1n) is 9.12. The summed E-state index contributed by atoms with van der Waals surface area (Å²) in [6.45, 7) is 2.28. The van der Waals surface area contributed by atoms with E-state index in [9.17, 15) is 26.8 Å². The number of carbonyl (C=O) groups excluding carboxylic acids is 2. The van der Waals surface area contributed by atoms with Gasteiger partial charge in [0.2, 0.25) is 11.8 Å². The molecule has 1 heterocycles. The lowest BCUT2D eigenvalue weighted by Gasteiger charge is -2.16. The molecule has 0 saturated carbocycles. The summed E-state index contributed by atoms with van der Waals surface area (Å²) < 4.78 is 51.3. The zero-order chi connectivity index (χ0) is 21.2. The Bertz CT molecular complexity index is 1070. The van der Waals surface area contributed by atoms with E-state index in [0.717, 1.165) is 17.7 Å². The van der Waals surface area contributed by atoms with Gasteiger partial charge in [-0.2, -0.15) is 0 Å². The third-order valence-corrected chi connectivity index (χ3v) is 6.42. The summed E-state index contributed by atoms with van der Waals surface area (Å²) in [5, 5.41) is 2.35. The molecule has 1 aliphatic heterocycles. The molecule has 2 amide bonds. The molecule has 1 N–H and O–H groups in total. The molecule has 0 fully saturated rings. The van der Waals surface area contributed by atoms with Crippen LogP contribution in [0, 0.1) is 11.6 Å². The van der Waals surface area contributed by atoms with Gasteiger partial charge in [-0.15, -0.1) is 0 Å². The third kappa shape index (κ3) is 4.61. The third-order valence-electron chi connectivity index (χ3n) is 4.71. The zero-order valence-electron chi connectivity index (χ0n) is 15.7. The smallest absolute Gasteiger partial charge is 0.226 e. The van der Waals surface area contributed by atoms with Crippen LogP contribution in [0.3, 0.4) is 0 Å². The lowest BCUT2D eigenvalue weighted by atomic mass is 10.2. The van der Waals surface area contributed by atoms with Crippen LogP contribution in [-0.4, -0.2) is 32.5 Å². The van der Waals surface area contributed by atoms with E-state index in [1.807, 2.05) is 0 Å². The molecule has 154 valence electrons. The van der Waals surface area contributed by atoms with E-state index >= 15 is 0 Å². The fourth-order valence-corrected chi connectivity index (χ4v) is 4.45. The van der Waals surface area contributed by atoms with Crippen LogP contribution >= 0.6 is 0 Å². The van der Waals surface area contributed by atoms with Crippen molar-refractivity contribution in [3.63, 3.8) is 0 Å². The quantitative estimate of drug-likeness (QED) is 0.776. The molecule has 3 rings (SSSR count). The zero-order valence-corrected chi connectivity index (χ0v) is 16.6. The number of sulfone groups is 1. The van der Waals surface area contributed by atoms with Gasteiger partial charge in [0.15, 0.2) is 21.5 Å². The number of anilines is 2. The first-order chi connectivity index (χ1) is 13.7. The summed E-state index contributed by atoms with van der Waals surface area (Å²) >= 11 is 0. The number of amides is 2. The Labute approximate surface area is 167 Å². The van der Waals surface area contributed by atoms with Crippen LogP contribution in [0.15, 0.2) is 41.3 Å². The molecule has 0 atom stereocenters. The highest BCUT2D eigenvalue weighted by Gasteiger charge is 2.26. The highest BCUT2D eigenvalue weighted by atomic mass is 32.2. The van der Waals surface area contributed by atoms with Gasteiger partial charge in [-0.25, -0.2) is 17.2 Å². The first-order valence-corrected chi connectivity index (χ1v) is 10.8. The minimum atomic E-state index is -3.73. The fourth-order valence-electron chi connectivity index (χ4n) is 3.16. The number of carbonyl (C=O) groups is 2. The minimum absolute atomic E-state index is 0.0201. The van der Waals surface area contributed by atoms with E-state index in [0.29, 0.717) is 25.1 Å². The van der Waals surface area contributed by atoms with Crippen molar-refractivity contribution in [1.82, 2.24) is 0 Å². The molecule has 0 bridgehead atoms. The molecular weight excluding hydrogens is 402 g/mol. The van der Waals surface area contributed by atoms with Crippen molar-refractivity contribution >= 4 is 33.0 Å². The van der Waals surface area contributed by atoms with Crippen molar-refractivity contribution in [1.29, 1.82) is 0 Å². The highest BCUT2D eigenvalue weighted by molar-refractivity contribution is 7.91. The molecule has 2 aromatic rings. The van der Waals surface area contributed by atoms with Crippen LogP contribution < -0.4 is 10.2 Å². The molecule has 0 spiro atoms. The average Bonchev–Trinajstić information content (AvgIpc) is 3.12. The molecule has 0 aliphatic carbocycles. The molecule has 1 aliphatic rings. The number of rotatable bonds is 6. The van der Waals surface area contributed by atoms with Crippen LogP contribution in [0.4, 0.5) is 20.2 Å². The van der Waals surface area contributed by atoms with Gasteiger partial charge in [0, 0.05) is 36.8 Å². The van der Waals surface area contributed by atoms with Gasteiger partial charge < -0.3 is 10.2 Å². The molecule has 29 heavy (non-hydrogen) atoms. The van der Waals surface area contributed by atoms with Crippen LogP contribution in [0.5, 0.6) is 0 Å². The Morgan fingerprint density at radius 2 is 1.86 bits per heavy atom. The van der Waals surface area contributed by atoms with Crippen molar-refractivity contribution < 1.29 is 26.8 Å². The molecule has 2 aromatic carbocycles. The van der Waals surface area contributed by atoms with Crippen molar-refractivity contribution in [3.8, 4) is 0 Å². The molecule has 6 nitrogen and oxygen atoms in total. The Kier molecular flexibility index (Phi) is 5.97. The second-order valence-corrected chi connectivity index (χ2v) is 8.79. The normalized spacial score (nSPS) is 13.3. The predicted molar refractivity (Wildman–Crippen MR) is 104 cm³/mol. The van der Waals surface area contributed by atoms with Crippen molar-refractivity contribution in [2.45, 2.75) is 31.1 Å². The van der Waals surface area contributed by atoms with E-state index in [4.69, 9.17) is 0 Å². The number of nitrogens with zero attached hydrogens (tertiary/aromatic N) is 1. The number of hydrogen-bond acceptors (Lipinski definition) is 4. The molecule has 0 unspecified atom stereocenters. The summed E-state index contributed by atoms with van der Waals surface area (Å²) in [5.74, 6) is -3.22. The second kappa shape index (κ2) is 8.28. The molecule has 9 heteroatoms. The van der Waals surface area contributed by atoms with Gasteiger partial charge in [-0.3, -0.25) is 9.59 Å². The van der Waals surface area contributed by atoms with E-state index in [-0.39, 0.29) is 22.9 Å². The fraction of sp³-hybridized carbons (Fsp3) is 0.300. The topological polar surface area (TPSA) is 83.6 Å². The van der Waals surface area contributed by atoms with Crippen LogP contribution in [-0.2, 0) is 25.8 Å². The number of fused-ring (bicyclic) bond motifs is 1. The number of hydrogen-bond donors (Lipinski definition) is 1. The predicted octanol–water partition coefficient (Wildman–Crippen LogP) is 3.07. The van der Waals surface area contributed by atoms with E-state index in [1.165, 1.54) is 12.1 Å². The van der Waals surface area contributed by atoms with Gasteiger partial charge in [-0.1, -0.05) is 6.92 Å². The molecule has 0 saturated heterocycles. The summed E-state index contributed by atoms with van der Waals surface area (Å²) in [4.78, 5) is 25.7. The Morgan fingerprint density at radius 1 is 1.10 bits per heavy atom. The minimum Gasteiger partial charge on any atom is -0.326 e. The SMILES string of the molecule is CCC(=O)N1CCc2cc(S(=O)(=O)CCC(=O)Nc3ccc(F)c(F)c3)ccc21. The average molecular weight is 422 g/mol. The van der Waals surface area contributed by atoms with Crippen molar-refractivity contribution in [2.24, 2.45) is 0 Å². The summed E-state index contributed by atoms with van der Waals surface area (Å²) in [6.07, 6.45) is 0.604. The maximum atomic E-state index is 13.2. The standard InChI is InChI=1S/C20H20F2N2O4S/c1-2-20(26)24-9-7-13-11-15(4-6-18(13)24)29(27,28)10-8-19(25)23-14-3-5-16(21)17(22)12-14/h3-6,11-12H,2,7-10H2,1H3,(H,23,25). The number of halogens is 2. The monoisotopic (exact) mass is 422 g/mol. The number of benzene rings is 2. The van der Waals surface area contributed by atoms with Crippen molar-refractivity contribution in [3.05, 3.63) is 53.6 Å². The maximum Gasteiger partial charge on any atom is 0.226 e. The molecular formula is C20H20F2N2O4S. The van der Waals surface area contributed by atoms with Gasteiger partial charge in [0.05, 0.1) is 10.6 Å².